The van der Waals surface area contributed by atoms with E-state index in [0.29, 0.717) is 11.2 Å². The molecule has 3 aromatic rings. The maximum atomic E-state index is 10.5. The summed E-state index contributed by atoms with van der Waals surface area (Å²) in [5.74, 6) is 0.239. The van der Waals surface area contributed by atoms with Gasteiger partial charge in [0.15, 0.2) is 17.7 Å². The molecule has 1 fully saturated rings. The summed E-state index contributed by atoms with van der Waals surface area (Å²) < 4.78 is 13.3. The van der Waals surface area contributed by atoms with Crippen LogP contribution in [0.4, 0.5) is 5.82 Å². The second-order valence-corrected chi connectivity index (χ2v) is 7.02. The number of benzene rings is 1. The molecule has 0 saturated carbocycles. The summed E-state index contributed by atoms with van der Waals surface area (Å²) in [6, 6.07) is 8.05. The Bertz CT molecular complexity index is 961. The largest absolute Gasteiger partial charge is 0.387 e. The third kappa shape index (κ3) is 3.33. The molecule has 5 atom stereocenters. The molecule has 28 heavy (non-hydrogen) atoms. The molecule has 0 aliphatic carbocycles. The van der Waals surface area contributed by atoms with Crippen LogP contribution in [0.3, 0.4) is 0 Å². The van der Waals surface area contributed by atoms with Crippen molar-refractivity contribution in [3.05, 3.63) is 48.0 Å². The van der Waals surface area contributed by atoms with Crippen molar-refractivity contribution in [1.29, 1.82) is 0 Å². The Kier molecular flexibility index (Phi) is 4.98. The van der Waals surface area contributed by atoms with Crippen LogP contribution in [0.1, 0.15) is 30.4 Å². The van der Waals surface area contributed by atoms with E-state index in [2.05, 4.69) is 15.0 Å². The molecule has 148 valence electrons. The van der Waals surface area contributed by atoms with E-state index < -0.39 is 24.5 Å². The molecule has 1 aliphatic heterocycles. The van der Waals surface area contributed by atoms with E-state index >= 15 is 0 Å². The summed E-state index contributed by atoms with van der Waals surface area (Å²) in [5, 5.41) is 20.9. The smallest absolute Gasteiger partial charge is 0.167 e. The van der Waals surface area contributed by atoms with Gasteiger partial charge in [-0.15, -0.1) is 0 Å². The van der Waals surface area contributed by atoms with Gasteiger partial charge in [-0.25, -0.2) is 15.0 Å². The Balaban J connectivity index is 1.47. The summed E-state index contributed by atoms with van der Waals surface area (Å²) in [4.78, 5) is 12.2. The average Bonchev–Trinajstić information content (AvgIpc) is 3.23. The van der Waals surface area contributed by atoms with Crippen LogP contribution in [0.2, 0.25) is 0 Å². The zero-order chi connectivity index (χ0) is 19.8. The molecule has 0 amide bonds. The van der Waals surface area contributed by atoms with Crippen LogP contribution in [0.25, 0.3) is 11.2 Å². The molecule has 4 N–H and O–H groups in total. The van der Waals surface area contributed by atoms with E-state index in [-0.39, 0.29) is 18.5 Å². The lowest BCUT2D eigenvalue weighted by atomic mass is 10.1. The average molecular weight is 385 g/mol. The fourth-order valence-electron chi connectivity index (χ4n) is 3.33. The summed E-state index contributed by atoms with van der Waals surface area (Å²) in [7, 11) is 0. The number of nitrogen functional groups attached to an aromatic ring is 1. The zero-order valence-electron chi connectivity index (χ0n) is 15.6. The molecule has 0 radical (unpaired) electrons. The minimum absolute atomic E-state index is 0.132. The number of nitrogens with two attached hydrogens (primary N) is 1. The highest BCUT2D eigenvalue weighted by Gasteiger charge is 2.44. The highest BCUT2D eigenvalue weighted by atomic mass is 16.6. The van der Waals surface area contributed by atoms with Gasteiger partial charge in [-0.2, -0.15) is 0 Å². The van der Waals surface area contributed by atoms with Gasteiger partial charge in [-0.3, -0.25) is 4.57 Å². The molecule has 0 spiro atoms. The number of aryl methyl sites for hydroxylation is 1. The Labute approximate surface area is 161 Å². The number of aromatic nitrogens is 4. The Morgan fingerprint density at radius 1 is 1.18 bits per heavy atom. The van der Waals surface area contributed by atoms with Crippen LogP contribution in [0, 0.1) is 6.92 Å². The van der Waals surface area contributed by atoms with Gasteiger partial charge >= 0.3 is 0 Å². The molecular weight excluding hydrogens is 362 g/mol. The molecule has 9 heteroatoms. The summed E-state index contributed by atoms with van der Waals surface area (Å²) in [5.41, 5.74) is 8.85. The number of fused-ring (bicyclic) bond motifs is 1. The Morgan fingerprint density at radius 2 is 1.93 bits per heavy atom. The van der Waals surface area contributed by atoms with E-state index in [1.807, 2.05) is 38.1 Å². The highest BCUT2D eigenvalue weighted by molar-refractivity contribution is 5.81. The van der Waals surface area contributed by atoms with Crippen LogP contribution < -0.4 is 5.73 Å². The molecule has 0 unspecified atom stereocenters. The van der Waals surface area contributed by atoms with Crippen LogP contribution >= 0.6 is 0 Å². The fraction of sp³-hybridized carbons (Fsp3) is 0.421. The normalized spacial score (nSPS) is 26.0. The maximum absolute atomic E-state index is 10.5. The van der Waals surface area contributed by atoms with Crippen LogP contribution in [0.5, 0.6) is 0 Å². The molecule has 0 bridgehead atoms. The number of hydrogen-bond donors (Lipinski definition) is 3. The van der Waals surface area contributed by atoms with Gasteiger partial charge in [0.1, 0.15) is 30.2 Å². The standard InChI is InChI=1S/C19H23N5O4/c1-10-3-5-12(6-4-10)11(2)27-7-13-15(25)16(26)19(28-13)24-9-23-14-17(20)21-8-22-18(14)24/h3-6,8-9,11,13,15-16,19,25-26H,7H2,1-2H3,(H2,20,21,22)/t11-,13-,15-,16-,19-/m1/s1. The van der Waals surface area contributed by atoms with Gasteiger partial charge in [-0.1, -0.05) is 29.8 Å². The second-order valence-electron chi connectivity index (χ2n) is 7.02. The molecule has 2 aromatic heterocycles. The van der Waals surface area contributed by atoms with Crippen molar-refractivity contribution >= 4 is 17.0 Å². The predicted molar refractivity (Wildman–Crippen MR) is 101 cm³/mol. The van der Waals surface area contributed by atoms with Crippen molar-refractivity contribution in [2.24, 2.45) is 0 Å². The van der Waals surface area contributed by atoms with Crippen LogP contribution in [-0.4, -0.2) is 54.7 Å². The lowest BCUT2D eigenvalue weighted by Crippen LogP contribution is -2.34. The first-order chi connectivity index (χ1) is 13.5. The molecule has 3 heterocycles. The minimum Gasteiger partial charge on any atom is -0.387 e. The third-order valence-corrected chi connectivity index (χ3v) is 5.06. The summed E-state index contributed by atoms with van der Waals surface area (Å²) in [6.07, 6.45) is -1.19. The van der Waals surface area contributed by atoms with Crippen LogP contribution in [0.15, 0.2) is 36.9 Å². The van der Waals surface area contributed by atoms with Crippen molar-refractivity contribution in [3.63, 3.8) is 0 Å². The first-order valence-electron chi connectivity index (χ1n) is 9.08. The zero-order valence-corrected chi connectivity index (χ0v) is 15.6. The predicted octanol–water partition coefficient (Wildman–Crippen LogP) is 1.11. The number of rotatable bonds is 5. The fourth-order valence-corrected chi connectivity index (χ4v) is 3.33. The molecule has 1 aliphatic rings. The van der Waals surface area contributed by atoms with E-state index in [1.54, 1.807) is 4.57 Å². The van der Waals surface area contributed by atoms with Gasteiger partial charge in [0.25, 0.3) is 0 Å². The van der Waals surface area contributed by atoms with Crippen molar-refractivity contribution in [3.8, 4) is 0 Å². The van der Waals surface area contributed by atoms with Gasteiger partial charge in [0, 0.05) is 0 Å². The topological polar surface area (TPSA) is 129 Å². The SMILES string of the molecule is Cc1ccc([C@@H](C)OC[C@H]2O[C@@H](n3cnc4c(N)ncnc43)[C@H](O)[C@@H]2O)cc1. The maximum Gasteiger partial charge on any atom is 0.167 e. The molecule has 1 aromatic carbocycles. The first-order valence-corrected chi connectivity index (χ1v) is 9.08. The summed E-state index contributed by atoms with van der Waals surface area (Å²) in [6.45, 7) is 4.09. The first kappa shape index (κ1) is 18.8. The van der Waals surface area contributed by atoms with E-state index in [4.69, 9.17) is 15.2 Å². The van der Waals surface area contributed by atoms with Crippen molar-refractivity contribution < 1.29 is 19.7 Å². The van der Waals surface area contributed by atoms with Crippen molar-refractivity contribution in [2.45, 2.75) is 44.5 Å². The van der Waals surface area contributed by atoms with Gasteiger partial charge < -0.3 is 25.4 Å². The van der Waals surface area contributed by atoms with Crippen molar-refractivity contribution in [1.82, 2.24) is 19.5 Å². The lowest BCUT2D eigenvalue weighted by molar-refractivity contribution is -0.0788. The Hall–Kier alpha value is -2.59. The van der Waals surface area contributed by atoms with Crippen molar-refractivity contribution in [2.75, 3.05) is 12.3 Å². The van der Waals surface area contributed by atoms with E-state index in [1.165, 1.54) is 18.2 Å². The van der Waals surface area contributed by atoms with Gasteiger partial charge in [0.2, 0.25) is 0 Å². The highest BCUT2D eigenvalue weighted by Crippen LogP contribution is 2.32. The quantitative estimate of drug-likeness (QED) is 0.596. The third-order valence-electron chi connectivity index (χ3n) is 5.06. The monoisotopic (exact) mass is 385 g/mol. The molecule has 4 rings (SSSR count). The lowest BCUT2D eigenvalue weighted by Gasteiger charge is -2.19. The minimum atomic E-state index is -1.16. The number of anilines is 1. The van der Waals surface area contributed by atoms with Gasteiger partial charge in [0.05, 0.1) is 19.0 Å². The number of ether oxygens (including phenoxy) is 2. The molecule has 9 nitrogen and oxygen atoms in total. The van der Waals surface area contributed by atoms with E-state index in [9.17, 15) is 10.2 Å². The van der Waals surface area contributed by atoms with E-state index in [0.717, 1.165) is 5.56 Å². The van der Waals surface area contributed by atoms with Gasteiger partial charge in [-0.05, 0) is 19.4 Å². The number of imidazole rings is 1. The second kappa shape index (κ2) is 7.44. The Morgan fingerprint density at radius 3 is 2.68 bits per heavy atom. The number of hydrogen-bond acceptors (Lipinski definition) is 8. The molecule has 1 saturated heterocycles. The number of aliphatic hydroxyl groups excluding tert-OH is 2. The number of nitrogens with zero attached hydrogens (tertiary/aromatic N) is 4. The van der Waals surface area contributed by atoms with Crippen LogP contribution in [-0.2, 0) is 9.47 Å². The summed E-state index contributed by atoms with van der Waals surface area (Å²) >= 11 is 0. The molecular formula is C19H23N5O4. The number of aliphatic hydroxyl groups is 2.